The van der Waals surface area contributed by atoms with Crippen LogP contribution >= 0.6 is 0 Å². The Morgan fingerprint density at radius 3 is 1.95 bits per heavy atom. The number of ether oxygens (including phenoxy) is 2. The van der Waals surface area contributed by atoms with Crippen LogP contribution in [0.4, 0.5) is 28.4 Å². The normalized spacial score (nSPS) is 11.9. The van der Waals surface area contributed by atoms with E-state index in [1.54, 1.807) is 48.5 Å². The van der Waals surface area contributed by atoms with Crippen LogP contribution in [-0.2, 0) is 24.8 Å². The summed E-state index contributed by atoms with van der Waals surface area (Å²) in [6, 6.07) is 25.9. The van der Waals surface area contributed by atoms with Gasteiger partial charge in [0.15, 0.2) is 5.75 Å². The fourth-order valence-electron chi connectivity index (χ4n) is 7.59. The molecule has 0 saturated carbocycles. The Balaban J connectivity index is 1.17. The second-order valence-electron chi connectivity index (χ2n) is 15.8. The number of anilines is 3. The molecule has 0 bridgehead atoms. The standard InChI is InChI=1S/C49H57N5O9S2/c1-4-5-6-7-8-9-10-11-12-13-14-19-32-63-45-23-18-16-21-40(45)53-64(58,59)36-25-26-37-35(33-36)24-30-43(56)48(37)54-65(60,61)46-31-29-41(50-34(2)55)47-38(46)27-28-42(49(47)57)52-51-39-20-15-17-22-44(39)62-3/h15-18,20-31,33,53-54,56-57H,4-14,19,32H2,1-3H3,(H,50,55). The van der Waals surface area contributed by atoms with Crippen molar-refractivity contribution >= 4 is 75.9 Å². The Morgan fingerprint density at radius 2 is 1.26 bits per heavy atom. The molecule has 0 spiro atoms. The summed E-state index contributed by atoms with van der Waals surface area (Å²) in [7, 11) is -7.23. The van der Waals surface area contributed by atoms with E-state index >= 15 is 0 Å². The zero-order valence-corrected chi connectivity index (χ0v) is 38.6. The number of methoxy groups -OCH3 is 1. The first-order valence-corrected chi connectivity index (χ1v) is 24.9. The fourth-order valence-corrected chi connectivity index (χ4v) is 9.99. The summed E-state index contributed by atoms with van der Waals surface area (Å²) < 4.78 is 72.5. The average molecular weight is 924 g/mol. The van der Waals surface area contributed by atoms with Crippen molar-refractivity contribution in [1.82, 2.24) is 0 Å². The van der Waals surface area contributed by atoms with Crippen LogP contribution < -0.4 is 24.2 Å². The smallest absolute Gasteiger partial charge is 0.262 e. The van der Waals surface area contributed by atoms with E-state index in [1.807, 2.05) is 0 Å². The van der Waals surface area contributed by atoms with Gasteiger partial charge in [0.2, 0.25) is 5.91 Å². The maximum absolute atomic E-state index is 14.2. The zero-order chi connectivity index (χ0) is 46.4. The third-order valence-corrected chi connectivity index (χ3v) is 13.7. The van der Waals surface area contributed by atoms with Crippen molar-refractivity contribution in [3.63, 3.8) is 0 Å². The maximum Gasteiger partial charge on any atom is 0.262 e. The molecule has 6 aromatic carbocycles. The van der Waals surface area contributed by atoms with E-state index in [1.165, 1.54) is 126 Å². The van der Waals surface area contributed by atoms with Crippen molar-refractivity contribution < 1.29 is 41.3 Å². The van der Waals surface area contributed by atoms with Gasteiger partial charge in [0.25, 0.3) is 20.0 Å². The molecule has 344 valence electrons. The van der Waals surface area contributed by atoms with E-state index in [-0.39, 0.29) is 48.7 Å². The van der Waals surface area contributed by atoms with Crippen molar-refractivity contribution in [3.8, 4) is 23.0 Å². The molecule has 0 aromatic heterocycles. The van der Waals surface area contributed by atoms with Gasteiger partial charge in [-0.3, -0.25) is 14.2 Å². The Labute approximate surface area is 381 Å². The van der Waals surface area contributed by atoms with Crippen molar-refractivity contribution in [2.24, 2.45) is 10.2 Å². The molecule has 0 heterocycles. The molecule has 0 unspecified atom stereocenters. The highest BCUT2D eigenvalue weighted by Gasteiger charge is 2.25. The molecular formula is C49H57N5O9S2. The van der Waals surface area contributed by atoms with Gasteiger partial charge in [-0.2, -0.15) is 0 Å². The van der Waals surface area contributed by atoms with Crippen LogP contribution in [0.3, 0.4) is 0 Å². The van der Waals surface area contributed by atoms with Gasteiger partial charge in [-0.15, -0.1) is 10.2 Å². The monoisotopic (exact) mass is 923 g/mol. The second kappa shape index (κ2) is 22.5. The van der Waals surface area contributed by atoms with Crippen molar-refractivity contribution in [1.29, 1.82) is 0 Å². The molecule has 65 heavy (non-hydrogen) atoms. The van der Waals surface area contributed by atoms with Gasteiger partial charge in [-0.1, -0.05) is 120 Å². The van der Waals surface area contributed by atoms with Gasteiger partial charge >= 0.3 is 0 Å². The highest BCUT2D eigenvalue weighted by atomic mass is 32.2. The van der Waals surface area contributed by atoms with E-state index in [0.29, 0.717) is 29.2 Å². The lowest BCUT2D eigenvalue weighted by Crippen LogP contribution is -2.15. The summed E-state index contributed by atoms with van der Waals surface area (Å²) >= 11 is 0. The van der Waals surface area contributed by atoms with Crippen LogP contribution in [0.1, 0.15) is 90.9 Å². The number of nitrogens with zero attached hydrogens (tertiary/aromatic N) is 2. The van der Waals surface area contributed by atoms with Crippen LogP contribution in [0, 0.1) is 0 Å². The second-order valence-corrected chi connectivity index (χ2v) is 19.1. The Kier molecular flexibility index (Phi) is 16.6. The molecule has 5 N–H and O–H groups in total. The number of hydrogen-bond donors (Lipinski definition) is 5. The molecule has 0 aliphatic carbocycles. The maximum atomic E-state index is 14.2. The number of amides is 1. The SMILES string of the molecule is CCCCCCCCCCCCCCOc1ccccc1NS(=O)(=O)c1ccc2c(NS(=O)(=O)c3ccc(NC(C)=O)c4c(O)c(N=Nc5ccccc5OC)ccc34)c(O)ccc2c1. The molecular weight excluding hydrogens is 867 g/mol. The number of carbonyl (C=O) groups excluding carboxylic acids is 1. The van der Waals surface area contributed by atoms with Gasteiger partial charge in [-0.25, -0.2) is 16.8 Å². The number of benzene rings is 6. The molecule has 0 saturated heterocycles. The molecule has 6 aromatic rings. The van der Waals surface area contributed by atoms with E-state index in [2.05, 4.69) is 31.9 Å². The molecule has 0 radical (unpaired) electrons. The molecule has 0 aliphatic heterocycles. The number of phenolic OH excluding ortho intramolecular Hbond substituents is 2. The quantitative estimate of drug-likeness (QED) is 0.0222. The first-order chi connectivity index (χ1) is 31.3. The number of carbonyl (C=O) groups is 1. The first kappa shape index (κ1) is 48.1. The highest BCUT2D eigenvalue weighted by Crippen LogP contribution is 2.44. The lowest BCUT2D eigenvalue weighted by molar-refractivity contribution is -0.114. The molecule has 0 aliphatic rings. The Bertz CT molecular complexity index is 2870. The summed E-state index contributed by atoms with van der Waals surface area (Å²) in [6.07, 6.45) is 14.6. The van der Waals surface area contributed by atoms with Crippen LogP contribution in [0.15, 0.2) is 123 Å². The molecule has 1 amide bonds. The van der Waals surface area contributed by atoms with Gasteiger partial charge in [0.1, 0.15) is 28.6 Å². The predicted molar refractivity (Wildman–Crippen MR) is 257 cm³/mol. The summed E-state index contributed by atoms with van der Waals surface area (Å²) in [5.74, 6) is -0.505. The zero-order valence-electron chi connectivity index (χ0n) is 37.0. The van der Waals surface area contributed by atoms with E-state index in [0.717, 1.165) is 19.3 Å². The average Bonchev–Trinajstić information content (AvgIpc) is 3.28. The van der Waals surface area contributed by atoms with Crippen LogP contribution in [0.2, 0.25) is 0 Å². The predicted octanol–water partition coefficient (Wildman–Crippen LogP) is 12.5. The number of fused-ring (bicyclic) bond motifs is 2. The van der Waals surface area contributed by atoms with E-state index < -0.39 is 37.5 Å². The molecule has 6 rings (SSSR count). The summed E-state index contributed by atoms with van der Waals surface area (Å²) in [5, 5.41) is 34.0. The van der Waals surface area contributed by atoms with Gasteiger partial charge in [0, 0.05) is 17.7 Å². The van der Waals surface area contributed by atoms with Gasteiger partial charge in [-0.05, 0) is 72.5 Å². The van der Waals surface area contributed by atoms with E-state index in [4.69, 9.17) is 9.47 Å². The lowest BCUT2D eigenvalue weighted by atomic mass is 10.1. The number of unbranched alkanes of at least 4 members (excludes halogenated alkanes) is 11. The van der Waals surface area contributed by atoms with Crippen LogP contribution in [0.25, 0.3) is 21.5 Å². The van der Waals surface area contributed by atoms with Crippen molar-refractivity contribution in [3.05, 3.63) is 103 Å². The number of sulfonamides is 2. The lowest BCUT2D eigenvalue weighted by Gasteiger charge is -2.17. The fraction of sp³-hybridized carbons (Fsp3) is 0.327. The summed E-state index contributed by atoms with van der Waals surface area (Å²) in [5.41, 5.74) is 0.544. The number of aromatic hydroxyl groups is 2. The number of para-hydroxylation sites is 3. The van der Waals surface area contributed by atoms with Crippen LogP contribution in [-0.4, -0.2) is 46.7 Å². The molecule has 0 atom stereocenters. The van der Waals surface area contributed by atoms with E-state index in [9.17, 15) is 31.8 Å². The minimum absolute atomic E-state index is 0.0183. The molecule has 16 heteroatoms. The molecule has 0 fully saturated rings. The number of rotatable bonds is 24. The van der Waals surface area contributed by atoms with Gasteiger partial charge < -0.3 is 25.0 Å². The van der Waals surface area contributed by atoms with Gasteiger partial charge in [0.05, 0.1) is 46.0 Å². The summed E-state index contributed by atoms with van der Waals surface area (Å²) in [4.78, 5) is 11.8. The van der Waals surface area contributed by atoms with Crippen molar-refractivity contribution in [2.75, 3.05) is 28.5 Å². The highest BCUT2D eigenvalue weighted by molar-refractivity contribution is 7.93. The largest absolute Gasteiger partial charge is 0.506 e. The number of hydrogen-bond acceptors (Lipinski definition) is 11. The first-order valence-electron chi connectivity index (χ1n) is 22.0. The third-order valence-electron chi connectivity index (χ3n) is 10.9. The third kappa shape index (κ3) is 12.5. The topological polar surface area (TPSA) is 205 Å². The molecule has 14 nitrogen and oxygen atoms in total. The number of phenols is 2. The number of nitrogens with one attached hydrogen (secondary N) is 3. The van der Waals surface area contributed by atoms with Crippen LogP contribution in [0.5, 0.6) is 23.0 Å². The number of azo groups is 1. The Morgan fingerprint density at radius 1 is 0.631 bits per heavy atom. The summed E-state index contributed by atoms with van der Waals surface area (Å²) in [6.45, 7) is 3.95. The minimum Gasteiger partial charge on any atom is -0.506 e. The van der Waals surface area contributed by atoms with Crippen molar-refractivity contribution in [2.45, 2.75) is 101 Å². The Hall–Kier alpha value is -6.39. The minimum atomic E-state index is -4.55.